The van der Waals surface area contributed by atoms with Gasteiger partial charge in [-0.3, -0.25) is 0 Å². The third kappa shape index (κ3) is 2.64. The lowest BCUT2D eigenvalue weighted by molar-refractivity contribution is 0.409. The average molecular weight is 278 g/mol. The Bertz CT molecular complexity index is 539. The molecule has 0 amide bonds. The highest BCUT2D eigenvalue weighted by atomic mass is 19.2. The van der Waals surface area contributed by atoms with Crippen LogP contribution in [0, 0.1) is 34.9 Å². The van der Waals surface area contributed by atoms with Crippen LogP contribution in [-0.4, -0.2) is 0 Å². The number of rotatable bonds is 2. The third-order valence-electron chi connectivity index (χ3n) is 2.15. The second-order valence-electron chi connectivity index (χ2n) is 3.50. The van der Waals surface area contributed by atoms with Crippen molar-refractivity contribution >= 4 is 0 Å². The lowest BCUT2D eigenvalue weighted by Gasteiger charge is -2.07. The first-order valence-electron chi connectivity index (χ1n) is 4.85. The molecule has 19 heavy (non-hydrogen) atoms. The Morgan fingerprint density at radius 1 is 0.526 bits per heavy atom. The van der Waals surface area contributed by atoms with Gasteiger partial charge in [-0.25, -0.2) is 26.3 Å². The zero-order valence-electron chi connectivity index (χ0n) is 8.99. The summed E-state index contributed by atoms with van der Waals surface area (Å²) in [6.45, 7) is 0. The second kappa shape index (κ2) is 4.83. The molecule has 0 spiro atoms. The van der Waals surface area contributed by atoms with E-state index in [-0.39, 0.29) is 0 Å². The molecule has 100 valence electrons. The quantitative estimate of drug-likeness (QED) is 0.587. The molecule has 0 aliphatic heterocycles. The molecule has 1 nitrogen and oxygen atoms in total. The van der Waals surface area contributed by atoms with Crippen molar-refractivity contribution in [3.63, 3.8) is 0 Å². The Balaban J connectivity index is 2.36. The molecule has 2 aromatic carbocycles. The van der Waals surface area contributed by atoms with Gasteiger partial charge in [0.1, 0.15) is 11.5 Å². The molecule has 0 aliphatic rings. The van der Waals surface area contributed by atoms with Crippen molar-refractivity contribution in [2.75, 3.05) is 0 Å². The summed E-state index contributed by atoms with van der Waals surface area (Å²) >= 11 is 0. The molecule has 0 atom stereocenters. The van der Waals surface area contributed by atoms with Gasteiger partial charge in [-0.1, -0.05) is 0 Å². The van der Waals surface area contributed by atoms with E-state index in [9.17, 15) is 26.3 Å². The van der Waals surface area contributed by atoms with Gasteiger partial charge in [0, 0.05) is 24.3 Å². The molecule has 0 fully saturated rings. The Morgan fingerprint density at radius 2 is 0.789 bits per heavy atom. The minimum Gasteiger partial charge on any atom is -0.457 e. The van der Waals surface area contributed by atoms with Crippen molar-refractivity contribution in [1.82, 2.24) is 0 Å². The molecule has 2 aromatic rings. The average Bonchev–Trinajstić information content (AvgIpc) is 2.33. The summed E-state index contributed by atoms with van der Waals surface area (Å²) in [6.07, 6.45) is 0. The summed E-state index contributed by atoms with van der Waals surface area (Å²) in [5.74, 6) is -10.6. The first kappa shape index (κ1) is 13.3. The molecule has 0 aromatic heterocycles. The minimum absolute atomic E-state index is 0.484. The SMILES string of the molecule is Fc1cc(Oc2cc(F)c(F)c(F)c2)cc(F)c1F. The fourth-order valence-corrected chi connectivity index (χ4v) is 1.32. The van der Waals surface area contributed by atoms with Gasteiger partial charge < -0.3 is 4.74 Å². The smallest absolute Gasteiger partial charge is 0.194 e. The van der Waals surface area contributed by atoms with Crippen molar-refractivity contribution in [2.24, 2.45) is 0 Å². The van der Waals surface area contributed by atoms with Crippen LogP contribution in [0.4, 0.5) is 26.3 Å². The zero-order chi connectivity index (χ0) is 14.2. The lowest BCUT2D eigenvalue weighted by atomic mass is 10.3. The van der Waals surface area contributed by atoms with E-state index in [2.05, 4.69) is 0 Å². The van der Waals surface area contributed by atoms with E-state index in [4.69, 9.17) is 4.74 Å². The summed E-state index contributed by atoms with van der Waals surface area (Å²) in [7, 11) is 0. The molecule has 2 rings (SSSR count). The van der Waals surface area contributed by atoms with Crippen LogP contribution in [-0.2, 0) is 0 Å². The molecule has 0 bridgehead atoms. The van der Waals surface area contributed by atoms with Gasteiger partial charge in [-0.2, -0.15) is 0 Å². The summed E-state index contributed by atoms with van der Waals surface area (Å²) < 4.78 is 81.5. The molecule has 0 aliphatic carbocycles. The van der Waals surface area contributed by atoms with Crippen LogP contribution < -0.4 is 4.74 Å². The zero-order valence-corrected chi connectivity index (χ0v) is 8.99. The Labute approximate surface area is 103 Å². The van der Waals surface area contributed by atoms with Crippen molar-refractivity contribution in [2.45, 2.75) is 0 Å². The van der Waals surface area contributed by atoms with Crippen molar-refractivity contribution in [3.05, 3.63) is 59.2 Å². The highest BCUT2D eigenvalue weighted by Gasteiger charge is 2.14. The number of halogens is 6. The normalized spacial score (nSPS) is 10.6. The maximum absolute atomic E-state index is 12.9. The maximum atomic E-state index is 12.9. The predicted molar refractivity (Wildman–Crippen MR) is 52.7 cm³/mol. The van der Waals surface area contributed by atoms with E-state index in [1.165, 1.54) is 0 Å². The van der Waals surface area contributed by atoms with E-state index in [0.29, 0.717) is 24.3 Å². The minimum atomic E-state index is -1.70. The Morgan fingerprint density at radius 3 is 1.05 bits per heavy atom. The second-order valence-corrected chi connectivity index (χ2v) is 3.50. The van der Waals surface area contributed by atoms with Crippen LogP contribution in [0.1, 0.15) is 0 Å². The first-order chi connectivity index (χ1) is 8.88. The van der Waals surface area contributed by atoms with Gasteiger partial charge in [0.25, 0.3) is 0 Å². The van der Waals surface area contributed by atoms with E-state index in [1.807, 2.05) is 0 Å². The summed E-state index contributed by atoms with van der Waals surface area (Å²) in [4.78, 5) is 0. The molecular weight excluding hydrogens is 274 g/mol. The number of ether oxygens (including phenoxy) is 1. The summed E-state index contributed by atoms with van der Waals surface area (Å²) in [6, 6.07) is 1.93. The number of hydrogen-bond donors (Lipinski definition) is 0. The molecule has 0 saturated carbocycles. The van der Waals surface area contributed by atoms with E-state index in [1.54, 1.807) is 0 Å². The van der Waals surface area contributed by atoms with E-state index < -0.39 is 46.4 Å². The monoisotopic (exact) mass is 278 g/mol. The molecule has 0 radical (unpaired) electrons. The fraction of sp³-hybridized carbons (Fsp3) is 0. The Kier molecular flexibility index (Phi) is 3.37. The molecule has 0 unspecified atom stereocenters. The molecule has 0 saturated heterocycles. The highest BCUT2D eigenvalue weighted by Crippen LogP contribution is 2.27. The number of benzene rings is 2. The summed E-state index contributed by atoms with van der Waals surface area (Å²) in [5.41, 5.74) is 0. The van der Waals surface area contributed by atoms with Crippen LogP contribution in [0.2, 0.25) is 0 Å². The van der Waals surface area contributed by atoms with Gasteiger partial charge in [-0.05, 0) is 0 Å². The van der Waals surface area contributed by atoms with Crippen LogP contribution in [0.5, 0.6) is 11.5 Å². The van der Waals surface area contributed by atoms with Gasteiger partial charge in [0.15, 0.2) is 34.9 Å². The molecule has 0 heterocycles. The molecule has 0 N–H and O–H groups in total. The van der Waals surface area contributed by atoms with Crippen molar-refractivity contribution in [1.29, 1.82) is 0 Å². The molecular formula is C12H4F6O. The van der Waals surface area contributed by atoms with Crippen molar-refractivity contribution < 1.29 is 31.1 Å². The largest absolute Gasteiger partial charge is 0.457 e. The van der Waals surface area contributed by atoms with E-state index in [0.717, 1.165) is 0 Å². The van der Waals surface area contributed by atoms with Crippen LogP contribution in [0.25, 0.3) is 0 Å². The van der Waals surface area contributed by atoms with Crippen molar-refractivity contribution in [3.8, 4) is 11.5 Å². The van der Waals surface area contributed by atoms with Gasteiger partial charge >= 0.3 is 0 Å². The highest BCUT2D eigenvalue weighted by molar-refractivity contribution is 5.33. The van der Waals surface area contributed by atoms with Crippen LogP contribution in [0.15, 0.2) is 24.3 Å². The number of hydrogen-bond acceptors (Lipinski definition) is 1. The fourth-order valence-electron chi connectivity index (χ4n) is 1.32. The van der Waals surface area contributed by atoms with Crippen LogP contribution >= 0.6 is 0 Å². The predicted octanol–water partition coefficient (Wildman–Crippen LogP) is 4.31. The topological polar surface area (TPSA) is 9.23 Å². The first-order valence-corrected chi connectivity index (χ1v) is 4.85. The lowest BCUT2D eigenvalue weighted by Crippen LogP contribution is -1.95. The maximum Gasteiger partial charge on any atom is 0.194 e. The van der Waals surface area contributed by atoms with Gasteiger partial charge in [0.2, 0.25) is 0 Å². The standard InChI is InChI=1S/C12H4F6O/c13-7-1-5(2-8(14)11(7)17)19-6-3-9(15)12(18)10(16)4-6/h1-4H. The van der Waals surface area contributed by atoms with Crippen LogP contribution in [0.3, 0.4) is 0 Å². The molecule has 7 heteroatoms. The third-order valence-corrected chi connectivity index (χ3v) is 2.15. The Hall–Kier alpha value is -2.18. The van der Waals surface area contributed by atoms with Gasteiger partial charge in [-0.15, -0.1) is 0 Å². The summed E-state index contributed by atoms with van der Waals surface area (Å²) in [5, 5.41) is 0. The van der Waals surface area contributed by atoms with E-state index >= 15 is 0 Å². The van der Waals surface area contributed by atoms with Gasteiger partial charge in [0.05, 0.1) is 0 Å².